The van der Waals surface area contributed by atoms with Crippen molar-refractivity contribution in [2.45, 2.75) is 38.9 Å². The largest absolute Gasteiger partial charge is 0.538 e. The molecule has 0 spiro atoms. The lowest BCUT2D eigenvalue weighted by Gasteiger charge is -2.36. The second-order valence-corrected chi connectivity index (χ2v) is 10.7. The smallest absolute Gasteiger partial charge is 0.418 e. The van der Waals surface area contributed by atoms with Gasteiger partial charge >= 0.3 is 11.6 Å². The highest BCUT2D eigenvalue weighted by molar-refractivity contribution is 6.74. The molecule has 5 nitrogen and oxygen atoms in total. The predicted molar refractivity (Wildman–Crippen MR) is 74.7 cm³/mol. The first-order valence-electron chi connectivity index (χ1n) is 5.76. The summed E-state index contributed by atoms with van der Waals surface area (Å²) in [5, 5.41) is -0.0162. The molecular formula is C12H23N3O2Si. The maximum Gasteiger partial charge on any atom is 0.418 e. The van der Waals surface area contributed by atoms with Gasteiger partial charge in [0.2, 0.25) is 0 Å². The quantitative estimate of drug-likeness (QED) is 0.258. The molecule has 0 N–H and O–H groups in total. The van der Waals surface area contributed by atoms with Gasteiger partial charge in [-0.1, -0.05) is 20.8 Å². The van der Waals surface area contributed by atoms with E-state index in [1.165, 1.54) is 4.90 Å². The molecule has 0 unspecified atom stereocenters. The molecule has 0 atom stereocenters. The van der Waals surface area contributed by atoms with Crippen LogP contribution in [-0.4, -0.2) is 43.7 Å². The van der Waals surface area contributed by atoms with E-state index in [0.717, 1.165) is 0 Å². The molecule has 1 amide bonds. The zero-order valence-corrected chi connectivity index (χ0v) is 13.4. The molecule has 0 aromatic heterocycles. The van der Waals surface area contributed by atoms with Gasteiger partial charge in [0.25, 0.3) is 8.32 Å². The summed E-state index contributed by atoms with van der Waals surface area (Å²) in [4.78, 5) is 16.1. The lowest BCUT2D eigenvalue weighted by Crippen LogP contribution is -2.43. The number of carbonyl (C=O) groups excluding carboxylic acids is 1. The van der Waals surface area contributed by atoms with Crippen LogP contribution in [0.2, 0.25) is 18.1 Å². The zero-order valence-electron chi connectivity index (χ0n) is 12.4. The van der Waals surface area contributed by atoms with Gasteiger partial charge in [-0.3, -0.25) is 4.79 Å². The van der Waals surface area contributed by atoms with Crippen molar-refractivity contribution in [2.75, 3.05) is 14.1 Å². The van der Waals surface area contributed by atoms with Crippen LogP contribution in [0.4, 0.5) is 0 Å². The van der Waals surface area contributed by atoms with E-state index in [2.05, 4.69) is 32.1 Å². The molecule has 0 radical (unpaired) electrons. The summed E-state index contributed by atoms with van der Waals surface area (Å²) in [5.74, 6) is -0.302. The van der Waals surface area contributed by atoms with Crippen LogP contribution >= 0.6 is 0 Å². The Kier molecular flexibility index (Phi) is 5.07. The van der Waals surface area contributed by atoms with Gasteiger partial charge in [-0.05, 0) is 24.7 Å². The summed E-state index contributed by atoms with van der Waals surface area (Å²) in [6.45, 7) is 14.0. The van der Waals surface area contributed by atoms with Crippen LogP contribution in [0.15, 0.2) is 12.3 Å². The zero-order chi connectivity index (χ0) is 14.7. The lowest BCUT2D eigenvalue weighted by atomic mass is 10.2. The molecule has 0 aliphatic rings. The van der Waals surface area contributed by atoms with Crippen LogP contribution in [0.5, 0.6) is 0 Å². The second-order valence-electron chi connectivity index (χ2n) is 5.93. The van der Waals surface area contributed by atoms with Crippen LogP contribution in [0.25, 0.3) is 5.53 Å². The minimum Gasteiger partial charge on any atom is -0.538 e. The maximum absolute atomic E-state index is 11.8. The van der Waals surface area contributed by atoms with Gasteiger partial charge in [0, 0.05) is 14.1 Å². The Labute approximate surface area is 110 Å². The number of nitrogens with zero attached hydrogens (tertiary/aromatic N) is 3. The first kappa shape index (κ1) is 16.6. The summed E-state index contributed by atoms with van der Waals surface area (Å²) in [5.41, 5.74) is 8.78. The number of carbonyl (C=O) groups is 1. The highest BCUT2D eigenvalue weighted by atomic mass is 28.4. The van der Waals surface area contributed by atoms with Crippen molar-refractivity contribution in [3.8, 4) is 0 Å². The lowest BCUT2D eigenvalue weighted by molar-refractivity contribution is -0.126. The molecule has 0 rings (SSSR count). The summed E-state index contributed by atoms with van der Waals surface area (Å²) in [6.07, 6.45) is 0. The number of rotatable bonds is 4. The van der Waals surface area contributed by atoms with Crippen molar-refractivity contribution in [2.24, 2.45) is 0 Å². The standard InChI is InChI=1S/C12H23N3O2Si/c1-9(10(14-13)11(16)15(5)6)17-18(7,8)12(2,3)4/h1H2,2-8H3. The van der Waals surface area contributed by atoms with Crippen LogP contribution in [0, 0.1) is 0 Å². The number of amides is 1. The van der Waals surface area contributed by atoms with Gasteiger partial charge in [0.05, 0.1) is 0 Å². The molecule has 0 aliphatic carbocycles. The molecule has 0 aliphatic heterocycles. The summed E-state index contributed by atoms with van der Waals surface area (Å²) in [6, 6.07) is 0. The van der Waals surface area contributed by atoms with Crippen molar-refractivity contribution >= 4 is 19.9 Å². The van der Waals surface area contributed by atoms with Gasteiger partial charge in [0.1, 0.15) is 0 Å². The average Bonchev–Trinajstić information content (AvgIpc) is 2.15. The molecule has 18 heavy (non-hydrogen) atoms. The molecule has 0 saturated carbocycles. The Bertz CT molecular complexity index is 402. The molecule has 102 valence electrons. The topological polar surface area (TPSA) is 65.9 Å². The van der Waals surface area contributed by atoms with E-state index in [9.17, 15) is 4.79 Å². The Balaban J connectivity index is 5.10. The maximum atomic E-state index is 11.8. The van der Waals surface area contributed by atoms with Gasteiger partial charge in [0.15, 0.2) is 5.76 Å². The van der Waals surface area contributed by atoms with Gasteiger partial charge in [-0.25, -0.2) is 0 Å². The fourth-order valence-corrected chi connectivity index (χ4v) is 1.96. The molecule has 0 fully saturated rings. The fraction of sp³-hybridized carbons (Fsp3) is 0.667. The van der Waals surface area contributed by atoms with E-state index in [-0.39, 0.29) is 16.5 Å². The molecule has 0 heterocycles. The van der Waals surface area contributed by atoms with E-state index < -0.39 is 14.2 Å². The average molecular weight is 269 g/mol. The summed E-state index contributed by atoms with van der Waals surface area (Å²) >= 11 is 0. The van der Waals surface area contributed by atoms with Crippen LogP contribution in [0.1, 0.15) is 20.8 Å². The van der Waals surface area contributed by atoms with Crippen LogP contribution in [-0.2, 0) is 9.22 Å². The van der Waals surface area contributed by atoms with E-state index >= 15 is 0 Å². The normalized spacial score (nSPS) is 11.5. The van der Waals surface area contributed by atoms with Crippen LogP contribution < -0.4 is 0 Å². The van der Waals surface area contributed by atoms with E-state index in [1.54, 1.807) is 14.1 Å². The van der Waals surface area contributed by atoms with Crippen molar-refractivity contribution in [3.05, 3.63) is 17.9 Å². The van der Waals surface area contributed by atoms with E-state index in [4.69, 9.17) is 9.96 Å². The second kappa shape index (κ2) is 5.50. The van der Waals surface area contributed by atoms with E-state index in [0.29, 0.717) is 0 Å². The molecule has 0 aromatic carbocycles. The monoisotopic (exact) mass is 269 g/mol. The minimum atomic E-state index is -2.09. The predicted octanol–water partition coefficient (Wildman–Crippen LogP) is 2.28. The first-order valence-corrected chi connectivity index (χ1v) is 8.67. The van der Waals surface area contributed by atoms with Gasteiger partial charge < -0.3 is 14.9 Å². The minimum absolute atomic E-state index is 0.0162. The molecular weight excluding hydrogens is 246 g/mol. The summed E-state index contributed by atoms with van der Waals surface area (Å²) in [7, 11) is 1.06. The molecule has 0 saturated heterocycles. The first-order chi connectivity index (χ1) is 7.94. The third kappa shape index (κ3) is 3.82. The van der Waals surface area contributed by atoms with Crippen LogP contribution in [0.3, 0.4) is 0 Å². The summed E-state index contributed by atoms with van der Waals surface area (Å²) < 4.78 is 5.83. The Morgan fingerprint density at radius 1 is 1.33 bits per heavy atom. The van der Waals surface area contributed by atoms with Crippen molar-refractivity contribution in [1.29, 1.82) is 0 Å². The Morgan fingerprint density at radius 3 is 2.06 bits per heavy atom. The van der Waals surface area contributed by atoms with E-state index in [1.807, 2.05) is 13.1 Å². The fourth-order valence-electron chi connectivity index (χ4n) is 0.939. The Morgan fingerprint density at radius 2 is 1.78 bits per heavy atom. The molecule has 0 bridgehead atoms. The van der Waals surface area contributed by atoms with Gasteiger partial charge in [-0.15, -0.1) is 0 Å². The van der Waals surface area contributed by atoms with Crippen molar-refractivity contribution < 1.29 is 14.0 Å². The number of hydrogen-bond acceptors (Lipinski definition) is 2. The van der Waals surface area contributed by atoms with Gasteiger partial charge in [-0.2, -0.15) is 4.79 Å². The van der Waals surface area contributed by atoms with Crippen molar-refractivity contribution in [3.63, 3.8) is 0 Å². The SMILES string of the molecule is C=C(O[Si](C)(C)C(C)(C)C)C(=[N+]=[N-])C(=O)N(C)C. The third-order valence-corrected chi connectivity index (χ3v) is 7.53. The number of hydrogen-bond donors (Lipinski definition) is 0. The van der Waals surface area contributed by atoms with Crippen molar-refractivity contribution in [1.82, 2.24) is 4.90 Å². The highest BCUT2D eigenvalue weighted by Crippen LogP contribution is 2.37. The molecule has 6 heteroatoms. The Hall–Kier alpha value is -1.39. The molecule has 0 aromatic rings. The third-order valence-electron chi connectivity index (χ3n) is 3.16. The highest BCUT2D eigenvalue weighted by Gasteiger charge is 2.41.